The highest BCUT2D eigenvalue weighted by atomic mass is 32.2. The van der Waals surface area contributed by atoms with Gasteiger partial charge < -0.3 is 10.6 Å². The molecule has 1 saturated heterocycles. The molecule has 1 aromatic carbocycles. The van der Waals surface area contributed by atoms with Gasteiger partial charge in [-0.3, -0.25) is 9.78 Å². The number of piperidine rings is 1. The Morgan fingerprint density at radius 2 is 1.96 bits per heavy atom. The monoisotopic (exact) mass is 339 g/mol. The zero-order chi connectivity index (χ0) is 16.5. The molecule has 124 valence electrons. The third kappa shape index (κ3) is 2.88. The Labute approximate surface area is 146 Å². The topological polar surface area (TPSA) is 59.2 Å². The van der Waals surface area contributed by atoms with E-state index in [0.717, 1.165) is 49.4 Å². The molecule has 2 N–H and O–H groups in total. The number of rotatable bonds is 3. The molecular formula is C19H21N3OS. The average Bonchev–Trinajstić information content (AvgIpc) is 3.10. The number of nitrogens with zero attached hydrogens (tertiary/aromatic N) is 2. The van der Waals surface area contributed by atoms with E-state index in [2.05, 4.69) is 35.2 Å². The van der Waals surface area contributed by atoms with E-state index in [-0.39, 0.29) is 11.8 Å². The van der Waals surface area contributed by atoms with E-state index in [1.807, 2.05) is 17.8 Å². The predicted octanol–water partition coefficient (Wildman–Crippen LogP) is 3.10. The van der Waals surface area contributed by atoms with Gasteiger partial charge in [-0.25, -0.2) is 0 Å². The van der Waals surface area contributed by atoms with Gasteiger partial charge in [-0.05, 0) is 18.9 Å². The fourth-order valence-corrected chi connectivity index (χ4v) is 4.69. The van der Waals surface area contributed by atoms with E-state index in [4.69, 9.17) is 10.7 Å². The van der Waals surface area contributed by atoms with Gasteiger partial charge in [0.2, 0.25) is 5.91 Å². The lowest BCUT2D eigenvalue weighted by Crippen LogP contribution is -2.38. The number of thioether (sulfide) groups is 1. The van der Waals surface area contributed by atoms with Crippen LogP contribution in [0, 0.1) is 5.92 Å². The number of amides is 1. The Morgan fingerprint density at radius 1 is 1.21 bits per heavy atom. The lowest BCUT2D eigenvalue weighted by Gasteiger charge is -2.33. The number of benzene rings is 1. The third-order valence-electron chi connectivity index (χ3n) is 4.92. The van der Waals surface area contributed by atoms with E-state index in [1.54, 1.807) is 0 Å². The number of anilines is 1. The van der Waals surface area contributed by atoms with Crippen LogP contribution in [0.4, 0.5) is 5.69 Å². The van der Waals surface area contributed by atoms with Crippen LogP contribution >= 0.6 is 11.8 Å². The predicted molar refractivity (Wildman–Crippen MR) is 98.2 cm³/mol. The van der Waals surface area contributed by atoms with E-state index in [0.29, 0.717) is 0 Å². The molecule has 0 spiro atoms. The Hall–Kier alpha value is -2.01. The molecular weight excluding hydrogens is 318 g/mol. The van der Waals surface area contributed by atoms with Crippen molar-refractivity contribution in [3.63, 3.8) is 0 Å². The molecule has 2 aliphatic heterocycles. The summed E-state index contributed by atoms with van der Waals surface area (Å²) in [6, 6.07) is 12.6. The van der Waals surface area contributed by atoms with Gasteiger partial charge >= 0.3 is 0 Å². The number of hydrogen-bond acceptors (Lipinski definition) is 4. The van der Waals surface area contributed by atoms with Crippen molar-refractivity contribution in [3.8, 4) is 11.3 Å². The SMILES string of the molecule is NC(=O)C1CCN(c2cc(-c3ccccc3)nc3c2SCC3)CC1. The number of carbonyl (C=O) groups is 1. The first-order valence-electron chi connectivity index (χ1n) is 8.49. The maximum Gasteiger partial charge on any atom is 0.220 e. The minimum atomic E-state index is -0.158. The molecule has 1 aromatic heterocycles. The number of carbonyl (C=O) groups excluding carboxylic acids is 1. The summed E-state index contributed by atoms with van der Waals surface area (Å²) in [6.45, 7) is 1.78. The van der Waals surface area contributed by atoms with Crippen molar-refractivity contribution in [1.29, 1.82) is 0 Å². The van der Waals surface area contributed by atoms with E-state index in [1.165, 1.54) is 16.3 Å². The Balaban J connectivity index is 1.68. The highest BCUT2D eigenvalue weighted by Gasteiger charge is 2.27. The first-order chi connectivity index (χ1) is 11.7. The zero-order valence-corrected chi connectivity index (χ0v) is 14.4. The van der Waals surface area contributed by atoms with Crippen LogP contribution in [0.15, 0.2) is 41.3 Å². The molecule has 0 bridgehead atoms. The highest BCUT2D eigenvalue weighted by Crippen LogP contribution is 2.41. The van der Waals surface area contributed by atoms with E-state index < -0.39 is 0 Å². The summed E-state index contributed by atoms with van der Waals surface area (Å²) in [7, 11) is 0. The van der Waals surface area contributed by atoms with Gasteiger partial charge in [0, 0.05) is 36.7 Å². The number of pyridine rings is 1. The molecule has 4 nitrogen and oxygen atoms in total. The smallest absolute Gasteiger partial charge is 0.220 e. The molecule has 1 fully saturated rings. The quantitative estimate of drug-likeness (QED) is 0.933. The van der Waals surface area contributed by atoms with Crippen LogP contribution in [0.5, 0.6) is 0 Å². The molecule has 0 radical (unpaired) electrons. The number of aryl methyl sites for hydroxylation is 1. The van der Waals surface area contributed by atoms with E-state index in [9.17, 15) is 4.79 Å². The molecule has 1 amide bonds. The maximum atomic E-state index is 11.4. The van der Waals surface area contributed by atoms with Gasteiger partial charge in [0.15, 0.2) is 0 Å². The van der Waals surface area contributed by atoms with Gasteiger partial charge in [0.05, 0.1) is 22.0 Å². The first-order valence-corrected chi connectivity index (χ1v) is 9.47. The van der Waals surface area contributed by atoms with Crippen molar-refractivity contribution in [1.82, 2.24) is 4.98 Å². The summed E-state index contributed by atoms with van der Waals surface area (Å²) in [5.74, 6) is 0.969. The van der Waals surface area contributed by atoms with Gasteiger partial charge in [-0.2, -0.15) is 0 Å². The van der Waals surface area contributed by atoms with Gasteiger partial charge in [-0.1, -0.05) is 30.3 Å². The van der Waals surface area contributed by atoms with Crippen LogP contribution in [-0.4, -0.2) is 29.7 Å². The molecule has 0 atom stereocenters. The van der Waals surface area contributed by atoms with Gasteiger partial charge in [-0.15, -0.1) is 11.8 Å². The summed E-state index contributed by atoms with van der Waals surface area (Å²) < 4.78 is 0. The fraction of sp³-hybridized carbons (Fsp3) is 0.368. The van der Waals surface area contributed by atoms with Crippen LogP contribution in [0.3, 0.4) is 0 Å². The highest BCUT2D eigenvalue weighted by molar-refractivity contribution is 7.99. The third-order valence-corrected chi connectivity index (χ3v) is 6.06. The number of fused-ring (bicyclic) bond motifs is 1. The molecule has 0 unspecified atom stereocenters. The second-order valence-corrected chi connectivity index (χ2v) is 7.54. The maximum absolute atomic E-state index is 11.4. The lowest BCUT2D eigenvalue weighted by atomic mass is 9.95. The normalized spacial score (nSPS) is 17.8. The Bertz CT molecular complexity index is 755. The van der Waals surface area contributed by atoms with Crippen LogP contribution in [0.1, 0.15) is 18.5 Å². The van der Waals surface area contributed by atoms with Crippen molar-refractivity contribution >= 4 is 23.4 Å². The number of aromatic nitrogens is 1. The molecule has 4 rings (SSSR count). The van der Waals surface area contributed by atoms with Crippen molar-refractivity contribution in [2.45, 2.75) is 24.2 Å². The Morgan fingerprint density at radius 3 is 2.67 bits per heavy atom. The summed E-state index contributed by atoms with van der Waals surface area (Å²) in [4.78, 5) is 20.0. The number of primary amides is 1. The van der Waals surface area contributed by atoms with Crippen LogP contribution in [-0.2, 0) is 11.2 Å². The molecule has 5 heteroatoms. The first kappa shape index (κ1) is 15.5. The molecule has 2 aromatic rings. The summed E-state index contributed by atoms with van der Waals surface area (Å²) in [5, 5.41) is 0. The molecule has 0 saturated carbocycles. The lowest BCUT2D eigenvalue weighted by molar-refractivity contribution is -0.122. The second-order valence-electron chi connectivity index (χ2n) is 6.43. The van der Waals surface area contributed by atoms with Crippen LogP contribution < -0.4 is 10.6 Å². The van der Waals surface area contributed by atoms with Crippen LogP contribution in [0.25, 0.3) is 11.3 Å². The zero-order valence-electron chi connectivity index (χ0n) is 13.6. The van der Waals surface area contributed by atoms with Crippen LogP contribution in [0.2, 0.25) is 0 Å². The molecule has 0 aliphatic carbocycles. The number of nitrogens with two attached hydrogens (primary N) is 1. The van der Waals surface area contributed by atoms with Crippen molar-refractivity contribution < 1.29 is 4.79 Å². The molecule has 24 heavy (non-hydrogen) atoms. The summed E-state index contributed by atoms with van der Waals surface area (Å²) in [5.41, 5.74) is 10.2. The molecule has 2 aliphatic rings. The second kappa shape index (κ2) is 6.48. The van der Waals surface area contributed by atoms with Gasteiger partial charge in [0.25, 0.3) is 0 Å². The van der Waals surface area contributed by atoms with Crippen molar-refractivity contribution in [3.05, 3.63) is 42.1 Å². The fourth-order valence-electron chi connectivity index (χ4n) is 3.54. The average molecular weight is 339 g/mol. The minimum Gasteiger partial charge on any atom is -0.370 e. The van der Waals surface area contributed by atoms with Gasteiger partial charge in [0.1, 0.15) is 0 Å². The largest absolute Gasteiger partial charge is 0.370 e. The minimum absolute atomic E-state index is 0.0254. The number of hydrogen-bond donors (Lipinski definition) is 1. The summed E-state index contributed by atoms with van der Waals surface area (Å²) >= 11 is 1.90. The molecule has 3 heterocycles. The van der Waals surface area contributed by atoms with Crippen molar-refractivity contribution in [2.24, 2.45) is 11.7 Å². The van der Waals surface area contributed by atoms with Crippen molar-refractivity contribution in [2.75, 3.05) is 23.7 Å². The van der Waals surface area contributed by atoms with E-state index >= 15 is 0 Å². The summed E-state index contributed by atoms with van der Waals surface area (Å²) in [6.07, 6.45) is 2.72. The standard InChI is InChI=1S/C19H21N3OS/c20-19(23)14-6-9-22(10-7-14)17-12-16(13-4-2-1-3-5-13)21-15-8-11-24-18(15)17/h1-5,12,14H,6-11H2,(H2,20,23). The Kier molecular flexibility index (Phi) is 4.19.